The van der Waals surface area contributed by atoms with Crippen LogP contribution in [0.5, 0.6) is 17.2 Å². The zero-order valence-electron chi connectivity index (χ0n) is 19.9. The number of carbonyl (C=O) groups is 2. The molecule has 38 heavy (non-hydrogen) atoms. The molecule has 0 radical (unpaired) electrons. The van der Waals surface area contributed by atoms with Gasteiger partial charge in [0.25, 0.3) is 0 Å². The third-order valence-electron chi connectivity index (χ3n) is 4.80. The molecule has 14 nitrogen and oxygen atoms in total. The summed E-state index contributed by atoms with van der Waals surface area (Å²) in [4.78, 5) is 41.4. The number of carbonyl (C=O) groups excluding carboxylic acids is 2. The van der Waals surface area contributed by atoms with Crippen molar-refractivity contribution in [1.29, 1.82) is 5.41 Å². The SMILES string of the molecule is [N-]=[N+]=NCOc1ccc(/C=C/C(=O)C(CCN=O)C(=O)/C=C/c2ccc(OC=N)cc2)cc1OCN=[N+]=[N-]. The molecule has 0 saturated carbocycles. The second-order valence-corrected chi connectivity index (χ2v) is 7.18. The van der Waals surface area contributed by atoms with Crippen LogP contribution in [0.25, 0.3) is 33.0 Å². The van der Waals surface area contributed by atoms with Crippen LogP contribution in [-0.4, -0.2) is 38.0 Å². The van der Waals surface area contributed by atoms with Crippen LogP contribution in [0.1, 0.15) is 17.5 Å². The number of nitroso groups, excluding NO2 is 1. The Morgan fingerprint density at radius 3 is 2.05 bits per heavy atom. The number of allylic oxidation sites excluding steroid dienone is 2. The molecule has 0 aliphatic carbocycles. The van der Waals surface area contributed by atoms with Crippen molar-refractivity contribution in [3.63, 3.8) is 0 Å². The molecule has 2 aromatic carbocycles. The van der Waals surface area contributed by atoms with E-state index in [0.717, 1.165) is 6.40 Å². The van der Waals surface area contributed by atoms with Crippen LogP contribution >= 0.6 is 0 Å². The summed E-state index contributed by atoms with van der Waals surface area (Å²) < 4.78 is 15.6. The molecule has 0 saturated heterocycles. The van der Waals surface area contributed by atoms with Gasteiger partial charge >= 0.3 is 0 Å². The summed E-state index contributed by atoms with van der Waals surface area (Å²) >= 11 is 0. The molecule has 0 aliphatic heterocycles. The quantitative estimate of drug-likeness (QED) is 0.0410. The van der Waals surface area contributed by atoms with Crippen molar-refractivity contribution >= 4 is 30.1 Å². The van der Waals surface area contributed by atoms with Gasteiger partial charge in [-0.25, -0.2) is 0 Å². The van der Waals surface area contributed by atoms with E-state index in [1.165, 1.54) is 36.4 Å². The zero-order valence-corrected chi connectivity index (χ0v) is 19.9. The summed E-state index contributed by atoms with van der Waals surface area (Å²) in [6, 6.07) is 11.2. The van der Waals surface area contributed by atoms with Crippen LogP contribution in [0.2, 0.25) is 0 Å². The molecule has 2 rings (SSSR count). The molecule has 2 aromatic rings. The maximum Gasteiger partial charge on any atom is 0.173 e. The second-order valence-electron chi connectivity index (χ2n) is 7.18. The highest BCUT2D eigenvalue weighted by atomic mass is 16.5. The van der Waals surface area contributed by atoms with Gasteiger partial charge in [-0.3, -0.25) is 15.0 Å². The largest absolute Gasteiger partial charge is 0.484 e. The van der Waals surface area contributed by atoms with Crippen molar-refractivity contribution in [2.24, 2.45) is 21.3 Å². The zero-order chi connectivity index (χ0) is 27.6. The Balaban J connectivity index is 2.19. The summed E-state index contributed by atoms with van der Waals surface area (Å²) in [5.74, 6) is -1.31. The Labute approximate surface area is 216 Å². The molecule has 194 valence electrons. The Bertz CT molecular complexity index is 1300. The van der Waals surface area contributed by atoms with Gasteiger partial charge in [0.15, 0.2) is 42.9 Å². The molecule has 0 bridgehead atoms. The number of benzene rings is 2. The Hall–Kier alpha value is -5.45. The van der Waals surface area contributed by atoms with E-state index >= 15 is 0 Å². The van der Waals surface area contributed by atoms with Gasteiger partial charge in [0.1, 0.15) is 5.75 Å². The Morgan fingerprint density at radius 1 is 0.895 bits per heavy atom. The van der Waals surface area contributed by atoms with Crippen LogP contribution in [0.4, 0.5) is 0 Å². The van der Waals surface area contributed by atoms with E-state index in [2.05, 4.69) is 25.2 Å². The summed E-state index contributed by atoms with van der Waals surface area (Å²) in [7, 11) is 0. The first-order chi connectivity index (χ1) is 18.5. The van der Waals surface area contributed by atoms with Crippen LogP contribution in [-0.2, 0) is 9.59 Å². The van der Waals surface area contributed by atoms with E-state index in [0.29, 0.717) is 16.9 Å². The first-order valence-electron chi connectivity index (χ1n) is 10.9. The highest BCUT2D eigenvalue weighted by molar-refractivity contribution is 6.13. The van der Waals surface area contributed by atoms with Gasteiger partial charge in [-0.1, -0.05) is 45.8 Å². The molecule has 0 aliphatic rings. The third kappa shape index (κ3) is 9.66. The minimum Gasteiger partial charge on any atom is -0.484 e. The summed E-state index contributed by atoms with van der Waals surface area (Å²) in [5, 5.41) is 16.3. The molecule has 1 N–H and O–H groups in total. The topological polar surface area (TPSA) is 213 Å². The number of ketones is 2. The van der Waals surface area contributed by atoms with Gasteiger partial charge in [0.2, 0.25) is 0 Å². The molecule has 0 spiro atoms. The lowest BCUT2D eigenvalue weighted by atomic mass is 9.93. The van der Waals surface area contributed by atoms with Gasteiger partial charge in [0.05, 0.1) is 12.5 Å². The van der Waals surface area contributed by atoms with Gasteiger partial charge in [-0.05, 0) is 65.0 Å². The molecule has 0 fully saturated rings. The van der Waals surface area contributed by atoms with Crippen LogP contribution in [0.15, 0.2) is 70.0 Å². The van der Waals surface area contributed by atoms with E-state index in [-0.39, 0.29) is 37.9 Å². The molecule has 0 aromatic heterocycles. The molecule has 1 atom stereocenters. The average Bonchev–Trinajstić information content (AvgIpc) is 2.93. The summed E-state index contributed by atoms with van der Waals surface area (Å²) in [5.41, 5.74) is 18.0. The summed E-state index contributed by atoms with van der Waals surface area (Å²) in [6.07, 6.45) is 6.17. The third-order valence-corrected chi connectivity index (χ3v) is 4.80. The van der Waals surface area contributed by atoms with Gasteiger partial charge in [0, 0.05) is 9.82 Å². The smallest absolute Gasteiger partial charge is 0.173 e. The standard InChI is InChI=1S/C24H22N8O6/c25-14-36-19-6-1-17(2-7-19)3-8-21(33)20(11-12-30-35)22(34)9-4-18-5-10-23(37-15-28-31-26)24(13-18)38-16-29-32-27/h1-10,13-14,20,25H,11-12,15-16H2/b8-3+,9-4+,25-14?. The van der Waals surface area contributed by atoms with E-state index in [9.17, 15) is 14.5 Å². The summed E-state index contributed by atoms with van der Waals surface area (Å²) in [6.45, 7) is -0.847. The molecule has 14 heteroatoms. The first kappa shape index (κ1) is 28.8. The Morgan fingerprint density at radius 2 is 1.47 bits per heavy atom. The first-order valence-corrected chi connectivity index (χ1v) is 10.9. The maximum atomic E-state index is 12.8. The molecule has 0 amide bonds. The number of ether oxygens (including phenoxy) is 3. The van der Waals surface area contributed by atoms with Crippen LogP contribution in [0.3, 0.4) is 0 Å². The van der Waals surface area contributed by atoms with Crippen molar-refractivity contribution in [3.05, 3.63) is 91.5 Å². The predicted octanol–water partition coefficient (Wildman–Crippen LogP) is 5.60. The maximum absolute atomic E-state index is 12.8. The van der Waals surface area contributed by atoms with E-state index in [1.54, 1.807) is 30.3 Å². The molecular weight excluding hydrogens is 496 g/mol. The second kappa shape index (κ2) is 16.3. The van der Waals surface area contributed by atoms with Crippen molar-refractivity contribution in [1.82, 2.24) is 0 Å². The average molecular weight is 518 g/mol. The lowest BCUT2D eigenvalue weighted by Gasteiger charge is -2.11. The minimum absolute atomic E-state index is 0.0608. The van der Waals surface area contributed by atoms with Crippen molar-refractivity contribution in [2.75, 3.05) is 20.0 Å². The molecule has 0 heterocycles. The monoisotopic (exact) mass is 518 g/mol. The highest BCUT2D eigenvalue weighted by Gasteiger charge is 2.22. The van der Waals surface area contributed by atoms with Crippen molar-refractivity contribution in [3.8, 4) is 17.2 Å². The Kier molecular flexibility index (Phi) is 12.3. The fourth-order valence-electron chi connectivity index (χ4n) is 3.03. The number of hydrogen-bond donors (Lipinski definition) is 1. The van der Waals surface area contributed by atoms with Gasteiger partial charge in [-0.2, -0.15) is 4.91 Å². The predicted molar refractivity (Wildman–Crippen MR) is 138 cm³/mol. The molecular formula is C24H22N8O6. The van der Waals surface area contributed by atoms with E-state index in [4.69, 9.17) is 30.7 Å². The normalized spacial score (nSPS) is 11.2. The number of rotatable bonds is 17. The van der Waals surface area contributed by atoms with Crippen LogP contribution < -0.4 is 14.2 Å². The van der Waals surface area contributed by atoms with Crippen molar-refractivity contribution in [2.45, 2.75) is 6.42 Å². The fourth-order valence-corrected chi connectivity index (χ4v) is 3.03. The lowest BCUT2D eigenvalue weighted by Crippen LogP contribution is -2.22. The number of hydrogen-bond acceptors (Lipinski definition) is 10. The van der Waals surface area contributed by atoms with Gasteiger partial charge < -0.3 is 14.2 Å². The van der Waals surface area contributed by atoms with E-state index < -0.39 is 17.5 Å². The fraction of sp³-hybridized carbons (Fsp3) is 0.208. The lowest BCUT2D eigenvalue weighted by molar-refractivity contribution is -0.127. The number of nitrogens with one attached hydrogen (secondary N) is 1. The minimum atomic E-state index is -1.12. The van der Waals surface area contributed by atoms with Crippen molar-refractivity contribution < 1.29 is 23.8 Å². The highest BCUT2D eigenvalue weighted by Crippen LogP contribution is 2.29. The number of azide groups is 2. The van der Waals surface area contributed by atoms with E-state index in [1.807, 2.05) is 0 Å². The molecule has 1 unspecified atom stereocenters. The van der Waals surface area contributed by atoms with Gasteiger partial charge in [-0.15, -0.1) is 0 Å². The van der Waals surface area contributed by atoms with Crippen LogP contribution in [0, 0.1) is 16.2 Å². The number of nitrogens with zero attached hydrogens (tertiary/aromatic N) is 7.